The minimum absolute atomic E-state index is 0.0237. The molecule has 1 aliphatic carbocycles. The fourth-order valence-electron chi connectivity index (χ4n) is 9.31. The van der Waals surface area contributed by atoms with E-state index in [0.717, 1.165) is 38.3 Å². The number of ether oxygens (including phenoxy) is 6. The van der Waals surface area contributed by atoms with Crippen LogP contribution in [0.2, 0.25) is 5.02 Å². The van der Waals surface area contributed by atoms with Crippen LogP contribution < -0.4 is 42.3 Å². The van der Waals surface area contributed by atoms with Gasteiger partial charge in [0.05, 0.1) is 45.0 Å². The van der Waals surface area contributed by atoms with Crippen molar-refractivity contribution in [2.45, 2.75) is 102 Å². The Morgan fingerprint density at radius 3 is 2.19 bits per heavy atom. The van der Waals surface area contributed by atoms with Crippen molar-refractivity contribution in [3.63, 3.8) is 0 Å². The molecule has 0 saturated carbocycles. The highest BCUT2D eigenvalue weighted by atomic mass is 35.5. The summed E-state index contributed by atoms with van der Waals surface area (Å²) < 4.78 is 35.0. The second-order valence-electron chi connectivity index (χ2n) is 19.9. The van der Waals surface area contributed by atoms with Gasteiger partial charge in [0.25, 0.3) is 0 Å². The smallest absolute Gasteiger partial charge is 0.431 e. The summed E-state index contributed by atoms with van der Waals surface area (Å²) in [4.78, 5) is 117. The lowest BCUT2D eigenvalue weighted by molar-refractivity contribution is -0.213. The maximum Gasteiger partial charge on any atom is 0.431 e. The summed E-state index contributed by atoms with van der Waals surface area (Å²) in [5, 5.41) is 9.74. The molecule has 3 aliphatic rings. The summed E-state index contributed by atoms with van der Waals surface area (Å²) in [6.07, 6.45) is -1.01. The van der Waals surface area contributed by atoms with Gasteiger partial charge < -0.3 is 54.2 Å². The predicted molar refractivity (Wildman–Crippen MR) is 289 cm³/mol. The van der Waals surface area contributed by atoms with Crippen molar-refractivity contribution < 1.29 is 76.5 Å². The van der Waals surface area contributed by atoms with Crippen molar-refractivity contribution in [2.24, 2.45) is 5.90 Å². The van der Waals surface area contributed by atoms with Crippen LogP contribution in [0.25, 0.3) is 11.1 Å². The van der Waals surface area contributed by atoms with Gasteiger partial charge in [0.2, 0.25) is 29.5 Å². The van der Waals surface area contributed by atoms with Crippen LogP contribution in [0.5, 0.6) is 5.75 Å². The monoisotopic (exact) mass is 1130 g/mol. The Morgan fingerprint density at radius 2 is 1.56 bits per heavy atom. The third kappa shape index (κ3) is 15.4. The summed E-state index contributed by atoms with van der Waals surface area (Å²) in [5.41, 5.74) is 4.96. The van der Waals surface area contributed by atoms with Crippen LogP contribution in [0.3, 0.4) is 0 Å². The first-order valence-corrected chi connectivity index (χ1v) is 25.9. The number of carbonyl (C=O) groups is 8. The Kier molecular flexibility index (Phi) is 21.2. The van der Waals surface area contributed by atoms with Crippen LogP contribution in [0.1, 0.15) is 70.1 Å². The fraction of sp³-hybridized carbons (Fsp3) is 0.455. The molecular formula is C55H69ClN8O16. The Bertz CT molecular complexity index is 2820. The molecule has 25 heteroatoms. The number of nitrogens with zero attached hydrogens (tertiary/aromatic N) is 2. The number of alkyl carbamates (subject to hydrolysis) is 1. The van der Waals surface area contributed by atoms with Gasteiger partial charge in [-0.2, -0.15) is 5.48 Å². The number of hydrogen-bond donors (Lipinski definition) is 6. The zero-order valence-electron chi connectivity index (χ0n) is 46.0. The van der Waals surface area contributed by atoms with Crippen LogP contribution in [-0.4, -0.2) is 156 Å². The average molecular weight is 1130 g/mol. The third-order valence-corrected chi connectivity index (χ3v) is 14.3. The van der Waals surface area contributed by atoms with Crippen molar-refractivity contribution in [3.05, 3.63) is 106 Å². The van der Waals surface area contributed by atoms with Gasteiger partial charge in [-0.25, -0.2) is 20.3 Å². The maximum atomic E-state index is 14.4. The van der Waals surface area contributed by atoms with Crippen LogP contribution in [-0.2, 0) is 68.5 Å². The third-order valence-electron chi connectivity index (χ3n) is 13.9. The first-order valence-electron chi connectivity index (χ1n) is 25.5. The number of benzene rings is 3. The van der Waals surface area contributed by atoms with E-state index in [9.17, 15) is 38.4 Å². The van der Waals surface area contributed by atoms with Gasteiger partial charge in [-0.1, -0.05) is 83.9 Å². The number of anilines is 1. The van der Waals surface area contributed by atoms with Gasteiger partial charge >= 0.3 is 18.2 Å². The van der Waals surface area contributed by atoms with Crippen molar-refractivity contribution in [2.75, 3.05) is 66.1 Å². The van der Waals surface area contributed by atoms with Crippen molar-refractivity contribution in [3.8, 4) is 16.9 Å². The van der Waals surface area contributed by atoms with Crippen LogP contribution in [0, 0.1) is 0 Å². The first kappa shape index (κ1) is 61.6. The molecule has 2 heterocycles. The summed E-state index contributed by atoms with van der Waals surface area (Å²) in [7, 11) is 5.67. The van der Waals surface area contributed by atoms with Gasteiger partial charge in [0.1, 0.15) is 47.3 Å². The van der Waals surface area contributed by atoms with Crippen molar-refractivity contribution in [1.82, 2.24) is 31.6 Å². The molecule has 3 aromatic carbocycles. The van der Waals surface area contributed by atoms with E-state index in [4.69, 9.17) is 55.6 Å². The first-order chi connectivity index (χ1) is 38.0. The topological polar surface area (TPSA) is 303 Å². The second-order valence-corrected chi connectivity index (χ2v) is 20.3. The van der Waals surface area contributed by atoms with E-state index in [1.54, 1.807) is 45.1 Å². The summed E-state index contributed by atoms with van der Waals surface area (Å²) in [6, 6.07) is 17.8. The molecule has 0 spiro atoms. The lowest BCUT2D eigenvalue weighted by Gasteiger charge is -2.45. The molecule has 7 amide bonds. The van der Waals surface area contributed by atoms with E-state index >= 15 is 0 Å². The number of likely N-dealkylation sites (N-methyl/N-ethyl adjacent to an activating group) is 1. The van der Waals surface area contributed by atoms with E-state index in [1.807, 2.05) is 67.0 Å². The highest BCUT2D eigenvalue weighted by Gasteiger charge is 2.51. The molecule has 432 valence electrons. The predicted octanol–water partition coefficient (Wildman–Crippen LogP) is 3.62. The molecule has 0 aromatic heterocycles. The highest BCUT2D eigenvalue weighted by molar-refractivity contribution is 6.35. The molecule has 6 atom stereocenters. The van der Waals surface area contributed by atoms with Crippen molar-refractivity contribution >= 4 is 65.0 Å². The Labute approximate surface area is 468 Å². The number of halogens is 1. The molecule has 5 unspecified atom stereocenters. The minimum Gasteiger partial charge on any atom is -0.495 e. The van der Waals surface area contributed by atoms with Gasteiger partial charge in [-0.05, 0) is 81.0 Å². The van der Waals surface area contributed by atoms with E-state index < -0.39 is 122 Å². The van der Waals surface area contributed by atoms with Crippen molar-refractivity contribution in [1.29, 1.82) is 0 Å². The number of rotatable bonds is 17. The number of nitrogens with two attached hydrogens (primary N) is 1. The molecule has 4 bridgehead atoms. The van der Waals surface area contributed by atoms with E-state index in [1.165, 1.54) is 40.1 Å². The molecule has 1 fully saturated rings. The number of hydroxylamine groups is 1. The number of esters is 1. The van der Waals surface area contributed by atoms with Crippen LogP contribution in [0.15, 0.2) is 84.5 Å². The summed E-state index contributed by atoms with van der Waals surface area (Å²) in [6.45, 7) is 5.66. The molecule has 6 rings (SSSR count). The Hall–Kier alpha value is -7.61. The van der Waals surface area contributed by atoms with E-state index in [0.29, 0.717) is 17.9 Å². The lowest BCUT2D eigenvalue weighted by atomic mass is 9.93. The van der Waals surface area contributed by atoms with E-state index in [-0.39, 0.29) is 24.0 Å². The van der Waals surface area contributed by atoms with Gasteiger partial charge in [0.15, 0.2) is 12.3 Å². The maximum absolute atomic E-state index is 14.4. The number of amides is 7. The number of fused-ring (bicyclic) bond motifs is 7. The minimum atomic E-state index is -1.63. The number of nitrogens with one attached hydrogen (secondary N) is 5. The molecule has 2 aliphatic heterocycles. The number of allylic oxidation sites excluding steroid dienone is 3. The summed E-state index contributed by atoms with van der Waals surface area (Å²) in [5.74, 6) is 1.43. The van der Waals surface area contributed by atoms with E-state index in [2.05, 4.69) is 21.3 Å². The van der Waals surface area contributed by atoms with Gasteiger partial charge in [-0.3, -0.25) is 39.0 Å². The Balaban J connectivity index is 1.01. The average Bonchev–Trinajstić information content (AvgIpc) is 3.81. The summed E-state index contributed by atoms with van der Waals surface area (Å²) >= 11 is 6.80. The standard InChI is InChI=1S/C55H69ClN8O16/c1-31-15-14-20-43(74-9)55(80-57)25-42(77-52(71)61-55)33(3)79-54(4,5)44(24-48(68)64(7)40-22-34(21-31)23-41(73-8)50(40)56)78-51(70)32(2)63(6)49(69)28-60-46(66)26-58-45(65)27-59-47(67)30-76-62-53(72)75-29-39-37-18-12-10-16-35(37)36-17-11-13-19-38(36)39/h10-20,22-23,32-33,39,42-44H,21,24-30,57H2,1-9H3,(H,58,65)(H,59,67)(H,60,66)(H,61,71)(H,62,72)/b20-14+,31-15+/t32?,33-,42?,43?,44?,55?/m0/s1. The zero-order valence-corrected chi connectivity index (χ0v) is 46.8. The lowest BCUT2D eigenvalue weighted by Crippen LogP contribution is -2.66. The quantitative estimate of drug-likeness (QED) is 0.0639. The second kappa shape index (κ2) is 27.5. The molecule has 7 N–H and O–H groups in total. The zero-order chi connectivity index (χ0) is 58.5. The van der Waals surface area contributed by atoms with Gasteiger partial charge in [-0.15, -0.1) is 0 Å². The molecule has 0 radical (unpaired) electrons. The number of methoxy groups -OCH3 is 2. The number of hydrogen-bond acceptors (Lipinski definition) is 17. The van der Waals surface area contributed by atoms with Crippen LogP contribution in [0.4, 0.5) is 15.3 Å². The molecular weight excluding hydrogens is 1060 g/mol. The fourth-order valence-corrected chi connectivity index (χ4v) is 9.62. The molecule has 1 saturated heterocycles. The van der Waals surface area contributed by atoms with Gasteiger partial charge in [0, 0.05) is 33.5 Å². The normalized spacial score (nSPS) is 22.3. The molecule has 3 aromatic rings. The largest absolute Gasteiger partial charge is 0.495 e. The Morgan fingerprint density at radius 1 is 0.938 bits per heavy atom. The SMILES string of the molecule is COc1cc2cc(c1Cl)N(C)C(=O)CC(OC(=O)C(C)N(C)C(=O)CNC(=O)CNC(=O)CNC(=O)CONC(=O)OCC1c3ccccc3-c3ccccc31)C(C)(C)O[C@@H](C)C1CC(ON)(NC(=O)O1)C(OC)/C=C/C=C(\C)C2. The molecule has 80 heavy (non-hydrogen) atoms. The number of carbonyl (C=O) groups excluding carboxylic acids is 8. The highest BCUT2D eigenvalue weighted by Crippen LogP contribution is 2.45. The molecule has 24 nitrogen and oxygen atoms in total. The van der Waals surface area contributed by atoms with Crippen LogP contribution >= 0.6 is 11.6 Å².